The van der Waals surface area contributed by atoms with Gasteiger partial charge in [-0.15, -0.1) is 11.8 Å². The summed E-state index contributed by atoms with van der Waals surface area (Å²) in [7, 11) is 0. The van der Waals surface area contributed by atoms with Crippen molar-refractivity contribution in [2.24, 2.45) is 0 Å². The molecule has 1 heteroatoms. The zero-order valence-corrected chi connectivity index (χ0v) is 10.1. The van der Waals surface area contributed by atoms with Crippen molar-refractivity contribution in [3.63, 3.8) is 0 Å². The predicted molar refractivity (Wildman–Crippen MR) is 65.4 cm³/mol. The van der Waals surface area contributed by atoms with Crippen LogP contribution in [-0.4, -0.2) is 5.25 Å². The highest BCUT2D eigenvalue weighted by Gasteiger charge is 2.28. The molecule has 0 aromatic carbocycles. The van der Waals surface area contributed by atoms with E-state index in [9.17, 15) is 0 Å². The van der Waals surface area contributed by atoms with E-state index in [0.717, 1.165) is 0 Å². The highest BCUT2D eigenvalue weighted by atomic mass is 32.2. The van der Waals surface area contributed by atoms with Crippen molar-refractivity contribution in [3.05, 3.63) is 33.8 Å². The maximum Gasteiger partial charge on any atom is 0.0530 e. The van der Waals surface area contributed by atoms with Crippen LogP contribution in [0.15, 0.2) is 33.8 Å². The molecule has 2 aliphatic rings. The second-order valence-corrected chi connectivity index (χ2v) is 5.10. The second-order valence-electron chi connectivity index (χ2n) is 3.84. The van der Waals surface area contributed by atoms with Crippen LogP contribution in [0.3, 0.4) is 0 Å². The third-order valence-electron chi connectivity index (χ3n) is 3.07. The minimum absolute atomic E-state index is 0.662. The van der Waals surface area contributed by atoms with Gasteiger partial charge in [0.15, 0.2) is 0 Å². The molecule has 76 valence electrons. The Bertz CT molecular complexity index is 331. The van der Waals surface area contributed by atoms with Gasteiger partial charge in [-0.05, 0) is 47.0 Å². The third kappa shape index (κ3) is 1.48. The lowest BCUT2D eigenvalue weighted by molar-refractivity contribution is 1.03. The molecule has 0 radical (unpaired) electrons. The summed E-state index contributed by atoms with van der Waals surface area (Å²) >= 11 is 2.05. The van der Waals surface area contributed by atoms with E-state index in [4.69, 9.17) is 0 Å². The van der Waals surface area contributed by atoms with Crippen molar-refractivity contribution in [1.82, 2.24) is 0 Å². The molecule has 0 fully saturated rings. The van der Waals surface area contributed by atoms with Gasteiger partial charge in [-0.3, -0.25) is 0 Å². The number of hydrogen-bond acceptors (Lipinski definition) is 1. The van der Waals surface area contributed by atoms with Gasteiger partial charge in [0, 0.05) is 0 Å². The molecule has 0 aromatic rings. The average Bonchev–Trinajstić information content (AvgIpc) is 2.72. The van der Waals surface area contributed by atoms with Crippen molar-refractivity contribution in [1.29, 1.82) is 0 Å². The standard InChI is InChI=1S/C13H18S/c1-4-9-7-13-12(11(9)6-3)8-10(5-2)14-13/h7-8,13H,4-6H2,1-3H3. The van der Waals surface area contributed by atoms with Gasteiger partial charge in [-0.2, -0.15) is 0 Å². The molecule has 0 amide bonds. The first-order valence-electron chi connectivity index (χ1n) is 5.61. The second kappa shape index (κ2) is 3.98. The van der Waals surface area contributed by atoms with Gasteiger partial charge < -0.3 is 0 Å². The first kappa shape index (κ1) is 10.1. The summed E-state index contributed by atoms with van der Waals surface area (Å²) in [6, 6.07) is 0. The maximum absolute atomic E-state index is 2.47. The Morgan fingerprint density at radius 3 is 2.50 bits per heavy atom. The Morgan fingerprint density at radius 1 is 1.14 bits per heavy atom. The van der Waals surface area contributed by atoms with Gasteiger partial charge >= 0.3 is 0 Å². The molecule has 1 heterocycles. The summed E-state index contributed by atoms with van der Waals surface area (Å²) in [5.41, 5.74) is 4.81. The van der Waals surface area contributed by atoms with E-state index >= 15 is 0 Å². The molecule has 0 bridgehead atoms. The van der Waals surface area contributed by atoms with E-state index in [1.54, 1.807) is 21.6 Å². The molecule has 0 aromatic heterocycles. The topological polar surface area (TPSA) is 0 Å². The Balaban J connectivity index is 2.33. The highest BCUT2D eigenvalue weighted by Crippen LogP contribution is 2.46. The Morgan fingerprint density at radius 2 is 1.93 bits per heavy atom. The maximum atomic E-state index is 2.47. The molecule has 2 rings (SSSR count). The van der Waals surface area contributed by atoms with Crippen molar-refractivity contribution in [3.8, 4) is 0 Å². The molecular formula is C13H18S. The van der Waals surface area contributed by atoms with Gasteiger partial charge in [-0.1, -0.05) is 26.8 Å². The van der Waals surface area contributed by atoms with Crippen LogP contribution < -0.4 is 0 Å². The van der Waals surface area contributed by atoms with Gasteiger partial charge in [0.05, 0.1) is 5.25 Å². The Kier molecular flexibility index (Phi) is 2.87. The molecule has 1 unspecified atom stereocenters. The van der Waals surface area contributed by atoms with Crippen molar-refractivity contribution in [2.45, 2.75) is 45.3 Å². The molecule has 1 aliphatic heterocycles. The summed E-state index contributed by atoms with van der Waals surface area (Å²) in [5, 5.41) is 0.662. The van der Waals surface area contributed by atoms with E-state index < -0.39 is 0 Å². The first-order valence-corrected chi connectivity index (χ1v) is 6.49. The van der Waals surface area contributed by atoms with Crippen LogP contribution in [0.25, 0.3) is 0 Å². The minimum Gasteiger partial charge on any atom is -0.118 e. The third-order valence-corrected chi connectivity index (χ3v) is 4.43. The van der Waals surface area contributed by atoms with Crippen LogP contribution >= 0.6 is 11.8 Å². The fourth-order valence-electron chi connectivity index (χ4n) is 2.32. The van der Waals surface area contributed by atoms with Crippen molar-refractivity contribution in [2.75, 3.05) is 0 Å². The molecule has 0 saturated carbocycles. The SMILES string of the molecule is CCC1=CC2=C(CC)C(CC)=CC2S1. The van der Waals surface area contributed by atoms with Gasteiger partial charge in [0.2, 0.25) is 0 Å². The van der Waals surface area contributed by atoms with E-state index in [1.165, 1.54) is 19.3 Å². The van der Waals surface area contributed by atoms with Crippen molar-refractivity contribution >= 4 is 11.8 Å². The molecule has 14 heavy (non-hydrogen) atoms. The molecular weight excluding hydrogens is 188 g/mol. The van der Waals surface area contributed by atoms with Crippen LogP contribution in [-0.2, 0) is 0 Å². The zero-order valence-electron chi connectivity index (χ0n) is 9.26. The number of thioether (sulfide) groups is 1. The smallest absolute Gasteiger partial charge is 0.0530 e. The van der Waals surface area contributed by atoms with Crippen LogP contribution in [0.4, 0.5) is 0 Å². The Hall–Kier alpha value is -0.430. The molecule has 1 atom stereocenters. The first-order chi connectivity index (χ1) is 6.80. The van der Waals surface area contributed by atoms with E-state index in [-0.39, 0.29) is 0 Å². The molecule has 0 nitrogen and oxygen atoms in total. The summed E-state index contributed by atoms with van der Waals surface area (Å²) in [4.78, 5) is 1.56. The fraction of sp³-hybridized carbons (Fsp3) is 0.538. The highest BCUT2D eigenvalue weighted by molar-refractivity contribution is 8.04. The molecule has 1 aliphatic carbocycles. The van der Waals surface area contributed by atoms with Crippen LogP contribution in [0.5, 0.6) is 0 Å². The summed E-state index contributed by atoms with van der Waals surface area (Å²) < 4.78 is 0. The normalized spacial score (nSPS) is 25.2. The summed E-state index contributed by atoms with van der Waals surface area (Å²) in [6.07, 6.45) is 8.47. The van der Waals surface area contributed by atoms with Crippen LogP contribution in [0, 0.1) is 0 Å². The number of allylic oxidation sites excluding steroid dienone is 4. The molecule has 0 N–H and O–H groups in total. The Labute approximate surface area is 91.2 Å². The average molecular weight is 206 g/mol. The van der Waals surface area contributed by atoms with Crippen molar-refractivity contribution < 1.29 is 0 Å². The number of fused-ring (bicyclic) bond motifs is 1. The molecule has 0 saturated heterocycles. The van der Waals surface area contributed by atoms with Crippen LogP contribution in [0.2, 0.25) is 0 Å². The minimum atomic E-state index is 0.662. The van der Waals surface area contributed by atoms with Gasteiger partial charge in [0.1, 0.15) is 0 Å². The summed E-state index contributed by atoms with van der Waals surface area (Å²) in [5.74, 6) is 0. The lowest BCUT2D eigenvalue weighted by atomic mass is 10.0. The lowest BCUT2D eigenvalue weighted by Gasteiger charge is -2.04. The number of rotatable bonds is 3. The predicted octanol–water partition coefficient (Wildman–Crippen LogP) is 4.45. The largest absolute Gasteiger partial charge is 0.118 e. The molecule has 0 spiro atoms. The quantitative estimate of drug-likeness (QED) is 0.657. The van der Waals surface area contributed by atoms with E-state index in [1.807, 2.05) is 11.8 Å². The van der Waals surface area contributed by atoms with E-state index in [2.05, 4.69) is 32.9 Å². The summed E-state index contributed by atoms with van der Waals surface area (Å²) in [6.45, 7) is 6.78. The zero-order chi connectivity index (χ0) is 10.1. The van der Waals surface area contributed by atoms with Gasteiger partial charge in [-0.25, -0.2) is 0 Å². The van der Waals surface area contributed by atoms with Gasteiger partial charge in [0.25, 0.3) is 0 Å². The number of hydrogen-bond donors (Lipinski definition) is 0. The fourth-order valence-corrected chi connectivity index (χ4v) is 3.57. The monoisotopic (exact) mass is 206 g/mol. The van der Waals surface area contributed by atoms with E-state index in [0.29, 0.717) is 5.25 Å². The lowest BCUT2D eigenvalue weighted by Crippen LogP contribution is -1.91. The van der Waals surface area contributed by atoms with Crippen LogP contribution in [0.1, 0.15) is 40.0 Å².